The molecule has 1 aromatic heterocycles. The van der Waals surface area contributed by atoms with Crippen LogP contribution in [-0.4, -0.2) is 35.5 Å². The van der Waals surface area contributed by atoms with Gasteiger partial charge < -0.3 is 14.7 Å². The predicted molar refractivity (Wildman–Crippen MR) is 133 cm³/mol. The molecule has 1 N–H and O–H groups in total. The van der Waals surface area contributed by atoms with E-state index in [0.29, 0.717) is 28.1 Å². The molecule has 2 aromatic carbocycles. The van der Waals surface area contributed by atoms with Crippen molar-refractivity contribution >= 4 is 5.82 Å². The number of methoxy groups -OCH3 is 1. The van der Waals surface area contributed by atoms with Crippen molar-refractivity contribution in [3.8, 4) is 33.9 Å². The number of benzene rings is 2. The third kappa shape index (κ3) is 4.10. The van der Waals surface area contributed by atoms with Gasteiger partial charge in [0.25, 0.3) is 0 Å². The largest absolute Gasteiger partial charge is 0.507 e. The Morgan fingerprint density at radius 1 is 0.971 bits per heavy atom. The fourth-order valence-corrected chi connectivity index (χ4v) is 6.25. The van der Waals surface area contributed by atoms with E-state index in [4.69, 9.17) is 4.74 Å². The summed E-state index contributed by atoms with van der Waals surface area (Å²) in [7, 11) is 3.55. The van der Waals surface area contributed by atoms with E-state index in [-0.39, 0.29) is 11.5 Å². The Kier molecular flexibility index (Phi) is 5.50. The SMILES string of the molecule is COc1cc(-c2ccc(-c3ccc(N(C)C4C[C@]5(C)CC[C@](C)(C4)C5)nn3)c(O)c2)ccc1F. The van der Waals surface area contributed by atoms with Crippen LogP contribution in [0.15, 0.2) is 48.5 Å². The molecule has 178 valence electrons. The third-order valence-corrected chi connectivity index (χ3v) is 7.96. The van der Waals surface area contributed by atoms with E-state index in [0.717, 1.165) is 16.9 Å². The van der Waals surface area contributed by atoms with Crippen LogP contribution in [0.4, 0.5) is 10.2 Å². The fourth-order valence-electron chi connectivity index (χ4n) is 6.25. The average Bonchev–Trinajstić information content (AvgIpc) is 3.05. The number of anilines is 1. The first-order valence-electron chi connectivity index (χ1n) is 11.9. The minimum absolute atomic E-state index is 0.0981. The van der Waals surface area contributed by atoms with Crippen LogP contribution >= 0.6 is 0 Å². The van der Waals surface area contributed by atoms with Crippen molar-refractivity contribution in [2.45, 2.75) is 52.0 Å². The molecule has 5 nitrogen and oxygen atoms in total. The molecule has 3 aromatic rings. The maximum Gasteiger partial charge on any atom is 0.165 e. The highest BCUT2D eigenvalue weighted by Gasteiger charge is 2.50. The van der Waals surface area contributed by atoms with Gasteiger partial charge in [0, 0.05) is 18.7 Å². The molecule has 2 aliphatic rings. The Morgan fingerprint density at radius 3 is 2.26 bits per heavy atom. The average molecular weight is 462 g/mol. The molecular weight excluding hydrogens is 429 g/mol. The number of phenolic OH excluding ortho intramolecular Hbond substituents is 1. The van der Waals surface area contributed by atoms with Crippen molar-refractivity contribution in [1.82, 2.24) is 10.2 Å². The van der Waals surface area contributed by atoms with E-state index in [1.165, 1.54) is 45.3 Å². The van der Waals surface area contributed by atoms with Crippen LogP contribution in [0.5, 0.6) is 11.5 Å². The van der Waals surface area contributed by atoms with Crippen molar-refractivity contribution in [3.05, 3.63) is 54.3 Å². The number of ether oxygens (including phenoxy) is 1. The molecule has 0 amide bonds. The van der Waals surface area contributed by atoms with Gasteiger partial charge in [0.05, 0.1) is 12.8 Å². The zero-order valence-corrected chi connectivity index (χ0v) is 20.3. The topological polar surface area (TPSA) is 58.5 Å². The molecule has 0 spiro atoms. The number of fused-ring (bicyclic) bond motifs is 2. The number of phenols is 1. The smallest absolute Gasteiger partial charge is 0.165 e. The van der Waals surface area contributed by atoms with Gasteiger partial charge in [-0.05, 0) is 90.5 Å². The maximum absolute atomic E-state index is 13.7. The van der Waals surface area contributed by atoms with Crippen LogP contribution in [0.3, 0.4) is 0 Å². The Hall–Kier alpha value is -3.15. The predicted octanol–water partition coefficient (Wildman–Crippen LogP) is 6.46. The van der Waals surface area contributed by atoms with Gasteiger partial charge in [-0.1, -0.05) is 26.0 Å². The van der Waals surface area contributed by atoms with E-state index in [2.05, 4.69) is 36.0 Å². The molecule has 0 saturated heterocycles. The number of hydrogen-bond donors (Lipinski definition) is 1. The van der Waals surface area contributed by atoms with Crippen LogP contribution < -0.4 is 9.64 Å². The second kappa shape index (κ2) is 8.26. The second-order valence-corrected chi connectivity index (χ2v) is 10.8. The van der Waals surface area contributed by atoms with E-state index in [1.807, 2.05) is 24.3 Å². The zero-order chi connectivity index (χ0) is 24.1. The molecule has 6 heteroatoms. The first-order chi connectivity index (χ1) is 16.2. The number of nitrogens with zero attached hydrogens (tertiary/aromatic N) is 3. The minimum atomic E-state index is -0.420. The summed E-state index contributed by atoms with van der Waals surface area (Å²) in [6.45, 7) is 4.86. The van der Waals surface area contributed by atoms with Crippen LogP contribution in [0.25, 0.3) is 22.4 Å². The van der Waals surface area contributed by atoms with Crippen molar-refractivity contribution in [2.24, 2.45) is 10.8 Å². The Labute approximate surface area is 200 Å². The number of aromatic nitrogens is 2. The van der Waals surface area contributed by atoms with E-state index < -0.39 is 5.82 Å². The zero-order valence-electron chi connectivity index (χ0n) is 20.3. The lowest BCUT2D eigenvalue weighted by molar-refractivity contribution is 0.148. The van der Waals surface area contributed by atoms with Crippen molar-refractivity contribution in [1.29, 1.82) is 0 Å². The van der Waals surface area contributed by atoms with Gasteiger partial charge in [-0.3, -0.25) is 0 Å². The van der Waals surface area contributed by atoms with Crippen molar-refractivity contribution < 1.29 is 14.2 Å². The van der Waals surface area contributed by atoms with E-state index in [9.17, 15) is 9.50 Å². The monoisotopic (exact) mass is 461 g/mol. The molecule has 34 heavy (non-hydrogen) atoms. The van der Waals surface area contributed by atoms with Crippen molar-refractivity contribution in [2.75, 3.05) is 19.1 Å². The van der Waals surface area contributed by atoms with E-state index >= 15 is 0 Å². The third-order valence-electron chi connectivity index (χ3n) is 7.96. The summed E-state index contributed by atoms with van der Waals surface area (Å²) in [5.41, 5.74) is 3.60. The highest BCUT2D eigenvalue weighted by Crippen LogP contribution is 2.58. The molecule has 0 aliphatic heterocycles. The normalized spacial score (nSPS) is 25.9. The lowest BCUT2D eigenvalue weighted by Gasteiger charge is -2.44. The second-order valence-electron chi connectivity index (χ2n) is 10.8. The van der Waals surface area contributed by atoms with Gasteiger partial charge in [0.15, 0.2) is 17.4 Å². The molecule has 1 heterocycles. The lowest BCUT2D eigenvalue weighted by atomic mass is 9.68. The molecule has 2 fully saturated rings. The van der Waals surface area contributed by atoms with Gasteiger partial charge in [-0.25, -0.2) is 4.39 Å². The number of rotatable bonds is 5. The Morgan fingerprint density at radius 2 is 1.65 bits per heavy atom. The van der Waals surface area contributed by atoms with Crippen LogP contribution in [0, 0.1) is 16.6 Å². The summed E-state index contributed by atoms with van der Waals surface area (Å²) in [6, 6.07) is 14.4. The summed E-state index contributed by atoms with van der Waals surface area (Å²) in [4.78, 5) is 2.28. The highest BCUT2D eigenvalue weighted by atomic mass is 19.1. The van der Waals surface area contributed by atoms with Gasteiger partial charge in [0.1, 0.15) is 5.75 Å². The molecule has 5 rings (SSSR count). The molecule has 2 saturated carbocycles. The highest BCUT2D eigenvalue weighted by molar-refractivity contribution is 5.75. The molecule has 2 aliphatic carbocycles. The Balaban J connectivity index is 1.35. The lowest BCUT2D eigenvalue weighted by Crippen LogP contribution is -2.42. The molecular formula is C28H32FN3O2. The number of hydrogen-bond acceptors (Lipinski definition) is 5. The molecule has 3 atom stereocenters. The van der Waals surface area contributed by atoms with Gasteiger partial charge in [0.2, 0.25) is 0 Å². The van der Waals surface area contributed by atoms with E-state index in [1.54, 1.807) is 18.2 Å². The summed E-state index contributed by atoms with van der Waals surface area (Å²) in [6.07, 6.45) is 6.35. The van der Waals surface area contributed by atoms with Gasteiger partial charge in [-0.15, -0.1) is 10.2 Å². The Bertz CT molecular complexity index is 1200. The summed E-state index contributed by atoms with van der Waals surface area (Å²) in [5, 5.41) is 19.6. The molecule has 0 radical (unpaired) electrons. The van der Waals surface area contributed by atoms with Crippen LogP contribution in [0.1, 0.15) is 46.0 Å². The molecule has 2 bridgehead atoms. The maximum atomic E-state index is 13.7. The summed E-state index contributed by atoms with van der Waals surface area (Å²) < 4.78 is 18.8. The van der Waals surface area contributed by atoms with Gasteiger partial charge >= 0.3 is 0 Å². The first-order valence-corrected chi connectivity index (χ1v) is 11.9. The minimum Gasteiger partial charge on any atom is -0.507 e. The standard InChI is InChI=1S/C28H32FN3O2/c1-27-11-12-28(2,17-27)16-20(15-27)32(3)26-10-9-23(30-31-26)21-7-5-18(13-24(21)33)19-6-8-22(29)25(14-19)34-4/h5-10,13-14,20,33H,11-12,15-17H2,1-4H3/t20?,27-,28+. The van der Waals surface area contributed by atoms with Crippen LogP contribution in [-0.2, 0) is 0 Å². The number of halogens is 1. The number of aromatic hydroxyl groups is 1. The quantitative estimate of drug-likeness (QED) is 0.473. The summed E-state index contributed by atoms with van der Waals surface area (Å²) in [5.74, 6) is 0.704. The fraction of sp³-hybridized carbons (Fsp3) is 0.429. The van der Waals surface area contributed by atoms with Crippen LogP contribution in [0.2, 0.25) is 0 Å². The van der Waals surface area contributed by atoms with Gasteiger partial charge in [-0.2, -0.15) is 0 Å². The summed E-state index contributed by atoms with van der Waals surface area (Å²) >= 11 is 0. The van der Waals surface area contributed by atoms with Crippen molar-refractivity contribution in [3.63, 3.8) is 0 Å². The molecule has 1 unspecified atom stereocenters. The first kappa shape index (κ1) is 22.6.